The first-order valence-corrected chi connectivity index (χ1v) is 9.82. The molecular formula is C22H23N3O4. The molecule has 0 aromatic heterocycles. The van der Waals surface area contributed by atoms with Crippen LogP contribution in [-0.4, -0.2) is 37.0 Å². The summed E-state index contributed by atoms with van der Waals surface area (Å²) in [6, 6.07) is 12.5. The minimum Gasteiger partial charge on any atom is -0.452 e. The fourth-order valence-electron chi connectivity index (χ4n) is 3.84. The number of anilines is 3. The number of rotatable bonds is 5. The number of amides is 2. The largest absolute Gasteiger partial charge is 0.452 e. The average molecular weight is 393 g/mol. The molecule has 2 amide bonds. The lowest BCUT2D eigenvalue weighted by Crippen LogP contribution is -2.43. The number of hydrogen-bond donors (Lipinski definition) is 2. The lowest BCUT2D eigenvalue weighted by molar-refractivity contribution is -0.119. The zero-order valence-electron chi connectivity index (χ0n) is 16.2. The van der Waals surface area contributed by atoms with Gasteiger partial charge >= 0.3 is 5.97 Å². The highest BCUT2D eigenvalue weighted by atomic mass is 16.5. The summed E-state index contributed by atoms with van der Waals surface area (Å²) in [5.74, 6) is -1.06. The van der Waals surface area contributed by atoms with Crippen LogP contribution in [0.2, 0.25) is 0 Å². The third kappa shape index (κ3) is 3.94. The van der Waals surface area contributed by atoms with Crippen LogP contribution in [0.15, 0.2) is 42.5 Å². The lowest BCUT2D eigenvalue weighted by Gasteiger charge is -2.33. The van der Waals surface area contributed by atoms with Gasteiger partial charge in [-0.1, -0.05) is 19.1 Å². The van der Waals surface area contributed by atoms with Gasteiger partial charge in [-0.15, -0.1) is 0 Å². The third-order valence-corrected chi connectivity index (χ3v) is 5.31. The van der Waals surface area contributed by atoms with Gasteiger partial charge in [0, 0.05) is 12.2 Å². The minimum atomic E-state index is -0.608. The smallest absolute Gasteiger partial charge is 0.338 e. The van der Waals surface area contributed by atoms with Gasteiger partial charge in [-0.2, -0.15) is 0 Å². The minimum absolute atomic E-state index is 0.0470. The molecule has 29 heavy (non-hydrogen) atoms. The van der Waals surface area contributed by atoms with E-state index in [4.69, 9.17) is 4.74 Å². The van der Waals surface area contributed by atoms with E-state index < -0.39 is 11.9 Å². The van der Waals surface area contributed by atoms with E-state index in [0.29, 0.717) is 16.9 Å². The maximum atomic E-state index is 12.4. The second-order valence-corrected chi connectivity index (χ2v) is 7.25. The van der Waals surface area contributed by atoms with Crippen LogP contribution in [-0.2, 0) is 20.7 Å². The fourth-order valence-corrected chi connectivity index (χ4v) is 3.84. The molecule has 2 aliphatic rings. The van der Waals surface area contributed by atoms with E-state index in [1.807, 2.05) is 31.2 Å². The second kappa shape index (κ2) is 7.95. The maximum Gasteiger partial charge on any atom is 0.338 e. The Morgan fingerprint density at radius 2 is 2.10 bits per heavy atom. The Morgan fingerprint density at radius 1 is 1.24 bits per heavy atom. The van der Waals surface area contributed by atoms with E-state index in [-0.39, 0.29) is 18.6 Å². The molecule has 7 heteroatoms. The summed E-state index contributed by atoms with van der Waals surface area (Å²) in [4.78, 5) is 38.8. The van der Waals surface area contributed by atoms with Gasteiger partial charge in [0.25, 0.3) is 5.91 Å². The van der Waals surface area contributed by atoms with Crippen molar-refractivity contribution in [2.45, 2.75) is 32.2 Å². The van der Waals surface area contributed by atoms with E-state index in [2.05, 4.69) is 15.5 Å². The molecule has 0 saturated carbocycles. The molecule has 2 heterocycles. The first kappa shape index (κ1) is 19.0. The Balaban J connectivity index is 1.38. The Kier molecular flexibility index (Phi) is 5.20. The third-order valence-electron chi connectivity index (χ3n) is 5.31. The van der Waals surface area contributed by atoms with Crippen LogP contribution in [0.5, 0.6) is 0 Å². The predicted octanol–water partition coefficient (Wildman–Crippen LogP) is 2.97. The average Bonchev–Trinajstić information content (AvgIpc) is 3.22. The van der Waals surface area contributed by atoms with Crippen molar-refractivity contribution in [1.29, 1.82) is 0 Å². The van der Waals surface area contributed by atoms with Crippen molar-refractivity contribution < 1.29 is 19.1 Å². The van der Waals surface area contributed by atoms with Crippen LogP contribution >= 0.6 is 0 Å². The molecule has 150 valence electrons. The number of hydrogen-bond acceptors (Lipinski definition) is 5. The molecule has 0 spiro atoms. The van der Waals surface area contributed by atoms with Crippen molar-refractivity contribution in [2.75, 3.05) is 28.7 Å². The molecule has 2 aromatic carbocycles. The van der Waals surface area contributed by atoms with Crippen molar-refractivity contribution in [3.8, 4) is 0 Å². The van der Waals surface area contributed by atoms with Crippen molar-refractivity contribution >= 4 is 34.8 Å². The van der Waals surface area contributed by atoms with Crippen molar-refractivity contribution in [2.24, 2.45) is 0 Å². The molecule has 2 aromatic rings. The van der Waals surface area contributed by atoms with Crippen LogP contribution in [0.3, 0.4) is 0 Å². The number of ether oxygens (including phenoxy) is 1. The summed E-state index contributed by atoms with van der Waals surface area (Å²) in [5, 5.41) is 5.59. The summed E-state index contributed by atoms with van der Waals surface area (Å²) < 4.78 is 5.15. The number of nitrogens with one attached hydrogen (secondary N) is 2. The second-order valence-electron chi connectivity index (χ2n) is 7.25. The first-order valence-electron chi connectivity index (χ1n) is 9.82. The molecule has 7 nitrogen and oxygen atoms in total. The molecule has 1 atom stereocenters. The highest BCUT2D eigenvalue weighted by molar-refractivity contribution is 6.05. The molecule has 1 fully saturated rings. The van der Waals surface area contributed by atoms with Crippen LogP contribution in [0.4, 0.5) is 17.1 Å². The van der Waals surface area contributed by atoms with Gasteiger partial charge in [0.1, 0.15) is 6.04 Å². The number of carbonyl (C=O) groups is 3. The summed E-state index contributed by atoms with van der Waals surface area (Å²) in [5.41, 5.74) is 3.58. The first-order chi connectivity index (χ1) is 14.0. The Morgan fingerprint density at radius 3 is 2.93 bits per heavy atom. The van der Waals surface area contributed by atoms with Crippen molar-refractivity contribution in [1.82, 2.24) is 0 Å². The Hall–Kier alpha value is -3.35. The molecule has 0 bridgehead atoms. The van der Waals surface area contributed by atoms with Crippen LogP contribution in [0.1, 0.15) is 35.7 Å². The van der Waals surface area contributed by atoms with Crippen LogP contribution in [0.25, 0.3) is 0 Å². The molecule has 1 saturated heterocycles. The van der Waals surface area contributed by atoms with Gasteiger partial charge in [0.15, 0.2) is 6.61 Å². The number of nitrogens with zero attached hydrogens (tertiary/aromatic N) is 1. The van der Waals surface area contributed by atoms with Gasteiger partial charge < -0.3 is 20.3 Å². The number of carbonyl (C=O) groups excluding carboxylic acids is 3. The number of aryl methyl sites for hydroxylation is 1. The number of fused-ring (bicyclic) bond motifs is 3. The van der Waals surface area contributed by atoms with E-state index in [9.17, 15) is 14.4 Å². The molecule has 2 aliphatic heterocycles. The summed E-state index contributed by atoms with van der Waals surface area (Å²) in [6.45, 7) is 2.48. The summed E-state index contributed by atoms with van der Waals surface area (Å²) in [7, 11) is 0. The molecule has 0 unspecified atom stereocenters. The van der Waals surface area contributed by atoms with E-state index in [0.717, 1.165) is 37.1 Å². The standard InChI is InChI=1S/C22H23N3O4/c1-2-14-5-3-6-16(11-14)23-20(26)13-29-22(28)15-8-9-18-17(12-15)24-21(27)19-7-4-10-25(18)19/h3,5-6,8-9,11-12,19H,2,4,7,10,13H2,1H3,(H,23,26)(H,24,27)/t19-/m1/s1. The van der Waals surface area contributed by atoms with E-state index in [1.165, 1.54) is 0 Å². The topological polar surface area (TPSA) is 87.7 Å². The highest BCUT2D eigenvalue weighted by Gasteiger charge is 2.36. The monoisotopic (exact) mass is 393 g/mol. The normalized spacial score (nSPS) is 17.2. The van der Waals surface area contributed by atoms with Crippen LogP contribution in [0, 0.1) is 0 Å². The van der Waals surface area contributed by atoms with E-state index in [1.54, 1.807) is 18.2 Å². The zero-order valence-corrected chi connectivity index (χ0v) is 16.2. The van der Waals surface area contributed by atoms with E-state index >= 15 is 0 Å². The molecule has 2 N–H and O–H groups in total. The lowest BCUT2D eigenvalue weighted by atomic mass is 10.1. The van der Waals surface area contributed by atoms with Crippen molar-refractivity contribution in [3.63, 3.8) is 0 Å². The van der Waals surface area contributed by atoms with Gasteiger partial charge in [-0.3, -0.25) is 9.59 Å². The summed E-state index contributed by atoms with van der Waals surface area (Å²) >= 11 is 0. The Bertz CT molecular complexity index is 972. The van der Waals surface area contributed by atoms with Gasteiger partial charge in [-0.25, -0.2) is 4.79 Å². The van der Waals surface area contributed by atoms with Gasteiger partial charge in [0.05, 0.1) is 16.9 Å². The predicted molar refractivity (Wildman–Crippen MR) is 110 cm³/mol. The number of benzene rings is 2. The quantitative estimate of drug-likeness (QED) is 0.763. The number of esters is 1. The SMILES string of the molecule is CCc1cccc(NC(=O)COC(=O)c2ccc3c(c2)NC(=O)[C@H]2CCCN32)c1. The molecule has 0 aliphatic carbocycles. The maximum absolute atomic E-state index is 12.4. The Labute approximate surface area is 169 Å². The summed E-state index contributed by atoms with van der Waals surface area (Å²) in [6.07, 6.45) is 2.68. The molecular weight excluding hydrogens is 370 g/mol. The zero-order chi connectivity index (χ0) is 20.4. The molecule has 0 radical (unpaired) electrons. The highest BCUT2D eigenvalue weighted by Crippen LogP contribution is 2.37. The molecule has 4 rings (SSSR count). The van der Waals surface area contributed by atoms with Crippen LogP contribution < -0.4 is 15.5 Å². The van der Waals surface area contributed by atoms with Gasteiger partial charge in [0.2, 0.25) is 5.91 Å². The van der Waals surface area contributed by atoms with Gasteiger partial charge in [-0.05, 0) is 55.2 Å². The van der Waals surface area contributed by atoms with Crippen molar-refractivity contribution in [3.05, 3.63) is 53.6 Å². The fraction of sp³-hybridized carbons (Fsp3) is 0.318.